The Hall–Kier alpha value is -3.61. The monoisotopic (exact) mass is 378 g/mol. The molecule has 2 N–H and O–H groups in total. The topological polar surface area (TPSA) is 84.0 Å². The van der Waals surface area contributed by atoms with Gasteiger partial charge in [-0.25, -0.2) is 9.37 Å². The van der Waals surface area contributed by atoms with Gasteiger partial charge in [-0.1, -0.05) is 32.0 Å². The van der Waals surface area contributed by atoms with Gasteiger partial charge in [-0.05, 0) is 24.3 Å². The number of benzene rings is 1. The van der Waals surface area contributed by atoms with Crippen molar-refractivity contribution in [2.75, 3.05) is 10.6 Å². The van der Waals surface area contributed by atoms with E-state index in [0.717, 1.165) is 0 Å². The van der Waals surface area contributed by atoms with E-state index in [1.807, 2.05) is 0 Å². The van der Waals surface area contributed by atoms with Crippen molar-refractivity contribution in [3.63, 3.8) is 0 Å². The van der Waals surface area contributed by atoms with Crippen LogP contribution in [0.4, 0.5) is 15.9 Å². The van der Waals surface area contributed by atoms with Crippen LogP contribution in [0.3, 0.4) is 0 Å². The van der Waals surface area contributed by atoms with E-state index < -0.39 is 5.91 Å². The van der Waals surface area contributed by atoms with Crippen molar-refractivity contribution in [2.45, 2.75) is 13.8 Å². The van der Waals surface area contributed by atoms with E-state index in [2.05, 4.69) is 20.6 Å². The van der Waals surface area contributed by atoms with Crippen molar-refractivity contribution >= 4 is 23.3 Å². The second kappa shape index (κ2) is 8.39. The number of pyridine rings is 2. The zero-order chi connectivity index (χ0) is 20.1. The molecule has 1 aromatic carbocycles. The average molecular weight is 378 g/mol. The normalized spacial score (nSPS) is 10.6. The van der Waals surface area contributed by atoms with Crippen LogP contribution in [-0.4, -0.2) is 21.8 Å². The first-order chi connectivity index (χ1) is 13.4. The highest BCUT2D eigenvalue weighted by atomic mass is 19.1. The molecule has 2 amide bonds. The quantitative estimate of drug-likeness (QED) is 0.699. The van der Waals surface area contributed by atoms with Gasteiger partial charge >= 0.3 is 0 Å². The minimum atomic E-state index is -0.394. The van der Waals surface area contributed by atoms with Crippen molar-refractivity contribution in [1.29, 1.82) is 0 Å². The van der Waals surface area contributed by atoms with E-state index in [0.29, 0.717) is 28.2 Å². The summed E-state index contributed by atoms with van der Waals surface area (Å²) in [5.74, 6) is -0.856. The van der Waals surface area contributed by atoms with E-state index in [1.165, 1.54) is 36.8 Å². The zero-order valence-electron chi connectivity index (χ0n) is 15.4. The Morgan fingerprint density at radius 3 is 2.57 bits per heavy atom. The van der Waals surface area contributed by atoms with Gasteiger partial charge in [0.1, 0.15) is 11.6 Å². The predicted octanol–water partition coefficient (Wildman–Crippen LogP) is 4.13. The summed E-state index contributed by atoms with van der Waals surface area (Å²) in [6, 6.07) is 11.0. The maximum Gasteiger partial charge on any atom is 0.255 e. The van der Waals surface area contributed by atoms with Gasteiger partial charge in [0.25, 0.3) is 5.91 Å². The van der Waals surface area contributed by atoms with Crippen molar-refractivity contribution in [3.8, 4) is 11.1 Å². The van der Waals surface area contributed by atoms with E-state index in [4.69, 9.17) is 0 Å². The lowest BCUT2D eigenvalue weighted by atomic mass is 10.1. The number of anilines is 2. The van der Waals surface area contributed by atoms with E-state index in [-0.39, 0.29) is 17.6 Å². The molecule has 0 spiro atoms. The molecule has 0 saturated carbocycles. The molecule has 28 heavy (non-hydrogen) atoms. The fraction of sp³-hybridized carbons (Fsp3) is 0.143. The van der Waals surface area contributed by atoms with Gasteiger partial charge in [-0.15, -0.1) is 0 Å². The molecule has 0 radical (unpaired) electrons. The second-order valence-corrected chi connectivity index (χ2v) is 6.47. The predicted molar refractivity (Wildman–Crippen MR) is 105 cm³/mol. The molecule has 0 saturated heterocycles. The maximum absolute atomic E-state index is 14.0. The summed E-state index contributed by atoms with van der Waals surface area (Å²) in [5.41, 5.74) is 1.70. The molecule has 3 rings (SSSR count). The van der Waals surface area contributed by atoms with Crippen LogP contribution in [0.2, 0.25) is 0 Å². The Balaban J connectivity index is 1.78. The molecule has 0 atom stereocenters. The second-order valence-electron chi connectivity index (χ2n) is 6.47. The molecule has 142 valence electrons. The molecule has 6 nitrogen and oxygen atoms in total. The van der Waals surface area contributed by atoms with Crippen LogP contribution in [0.1, 0.15) is 24.2 Å². The Morgan fingerprint density at radius 1 is 1.04 bits per heavy atom. The van der Waals surface area contributed by atoms with Gasteiger partial charge < -0.3 is 10.6 Å². The fourth-order valence-corrected chi connectivity index (χ4v) is 2.46. The Labute approximate surface area is 161 Å². The molecule has 3 aromatic rings. The summed E-state index contributed by atoms with van der Waals surface area (Å²) < 4.78 is 14.0. The van der Waals surface area contributed by atoms with Gasteiger partial charge in [-0.2, -0.15) is 0 Å². The lowest BCUT2D eigenvalue weighted by Gasteiger charge is -2.10. The third kappa shape index (κ3) is 4.56. The van der Waals surface area contributed by atoms with Crippen LogP contribution in [0.25, 0.3) is 11.1 Å². The number of hydrogen-bond acceptors (Lipinski definition) is 4. The highest BCUT2D eigenvalue weighted by molar-refractivity contribution is 6.05. The first-order valence-electron chi connectivity index (χ1n) is 8.72. The molecular formula is C21H19FN4O2. The Bertz CT molecular complexity index is 1020. The Kier molecular flexibility index (Phi) is 5.74. The van der Waals surface area contributed by atoms with Gasteiger partial charge in [0, 0.05) is 35.0 Å². The third-order valence-electron chi connectivity index (χ3n) is 3.98. The smallest absolute Gasteiger partial charge is 0.255 e. The molecule has 0 aliphatic heterocycles. The lowest BCUT2D eigenvalue weighted by Crippen LogP contribution is -2.19. The van der Waals surface area contributed by atoms with Gasteiger partial charge in [0.2, 0.25) is 5.91 Å². The van der Waals surface area contributed by atoms with Gasteiger partial charge in [0.05, 0.1) is 11.9 Å². The number of halogens is 1. The number of nitrogens with zero attached hydrogens (tertiary/aromatic N) is 2. The lowest BCUT2D eigenvalue weighted by molar-refractivity contribution is -0.118. The largest absolute Gasteiger partial charge is 0.321 e. The van der Waals surface area contributed by atoms with Crippen molar-refractivity contribution < 1.29 is 14.0 Å². The Morgan fingerprint density at radius 2 is 1.82 bits per heavy atom. The molecule has 0 aliphatic rings. The molecule has 0 unspecified atom stereocenters. The minimum Gasteiger partial charge on any atom is -0.321 e. The first kappa shape index (κ1) is 19.2. The van der Waals surface area contributed by atoms with Crippen molar-refractivity contribution in [1.82, 2.24) is 9.97 Å². The van der Waals surface area contributed by atoms with Gasteiger partial charge in [0.15, 0.2) is 0 Å². The van der Waals surface area contributed by atoms with Crippen LogP contribution in [0.15, 0.2) is 61.1 Å². The molecule has 0 bridgehead atoms. The fourth-order valence-electron chi connectivity index (χ4n) is 2.46. The summed E-state index contributed by atoms with van der Waals surface area (Å²) in [7, 11) is 0. The third-order valence-corrected chi connectivity index (χ3v) is 3.98. The van der Waals surface area contributed by atoms with Crippen molar-refractivity contribution in [2.24, 2.45) is 5.92 Å². The maximum atomic E-state index is 14.0. The summed E-state index contributed by atoms with van der Waals surface area (Å²) in [6.45, 7) is 3.53. The molecule has 2 heterocycles. The average Bonchev–Trinajstić information content (AvgIpc) is 2.68. The molecular weight excluding hydrogens is 359 g/mol. The zero-order valence-corrected chi connectivity index (χ0v) is 15.4. The minimum absolute atomic E-state index is 0.188. The molecule has 7 heteroatoms. The summed E-state index contributed by atoms with van der Waals surface area (Å²) in [5, 5.41) is 5.38. The highest BCUT2D eigenvalue weighted by Gasteiger charge is 2.12. The number of amides is 2. The van der Waals surface area contributed by atoms with Gasteiger partial charge in [-0.3, -0.25) is 14.6 Å². The molecule has 0 aliphatic carbocycles. The molecule has 2 aromatic heterocycles. The van der Waals surface area contributed by atoms with E-state index in [1.54, 1.807) is 38.1 Å². The number of nitrogens with one attached hydrogen (secondary N) is 2. The number of aromatic nitrogens is 2. The summed E-state index contributed by atoms with van der Waals surface area (Å²) >= 11 is 0. The van der Waals surface area contributed by atoms with E-state index >= 15 is 0 Å². The highest BCUT2D eigenvalue weighted by Crippen LogP contribution is 2.24. The molecule has 0 fully saturated rings. The number of carbonyl (C=O) groups is 2. The number of rotatable bonds is 5. The van der Waals surface area contributed by atoms with Crippen molar-refractivity contribution in [3.05, 3.63) is 72.4 Å². The standard InChI is InChI=1S/C21H19FN4O2/c1-13(2)20(27)26-19-10-14(7-8-24-19)21(28)25-16-9-15(11-23-12-16)17-5-3-4-6-18(17)22/h3-13H,1-2H3,(H,25,28)(H,24,26,27). The summed E-state index contributed by atoms with van der Waals surface area (Å²) in [4.78, 5) is 32.5. The van der Waals surface area contributed by atoms with E-state index in [9.17, 15) is 14.0 Å². The van der Waals surface area contributed by atoms with Crippen LogP contribution in [0, 0.1) is 11.7 Å². The van der Waals surface area contributed by atoms with Crippen LogP contribution < -0.4 is 10.6 Å². The van der Waals surface area contributed by atoms with Crippen LogP contribution >= 0.6 is 0 Å². The number of hydrogen-bond donors (Lipinski definition) is 2. The van der Waals surface area contributed by atoms with Crippen LogP contribution in [0.5, 0.6) is 0 Å². The van der Waals surface area contributed by atoms with Crippen LogP contribution in [-0.2, 0) is 4.79 Å². The summed E-state index contributed by atoms with van der Waals surface area (Å²) in [6.07, 6.45) is 4.45. The SMILES string of the molecule is CC(C)C(=O)Nc1cc(C(=O)Nc2cncc(-c3ccccc3F)c2)ccn1. The first-order valence-corrected chi connectivity index (χ1v) is 8.72. The number of carbonyl (C=O) groups excluding carboxylic acids is 2.